The van der Waals surface area contributed by atoms with Gasteiger partial charge >= 0.3 is 0 Å². The average Bonchev–Trinajstić information content (AvgIpc) is 2.90. The van der Waals surface area contributed by atoms with Gasteiger partial charge in [-0.2, -0.15) is 0 Å². The number of rotatable bonds is 7. The molecule has 1 aromatic heterocycles. The van der Waals surface area contributed by atoms with Crippen molar-refractivity contribution in [1.29, 1.82) is 0 Å². The Morgan fingerprint density at radius 2 is 2.08 bits per heavy atom. The van der Waals surface area contributed by atoms with Crippen molar-refractivity contribution in [3.63, 3.8) is 0 Å². The molecule has 1 atom stereocenters. The number of likely N-dealkylation sites (tertiary alicyclic amines) is 1. The summed E-state index contributed by atoms with van der Waals surface area (Å²) in [4.78, 5) is 12.8. The third kappa shape index (κ3) is 7.78. The summed E-state index contributed by atoms with van der Waals surface area (Å²) in [5, 5.41) is 7.87. The molecule has 1 aromatic rings. The van der Waals surface area contributed by atoms with Gasteiger partial charge in [-0.05, 0) is 59.5 Å². The highest BCUT2D eigenvalue weighted by Gasteiger charge is 2.16. The smallest absolute Gasteiger partial charge is 0.191 e. The van der Waals surface area contributed by atoms with Crippen LogP contribution in [-0.2, 0) is 6.54 Å². The fraction of sp³-hybridized carbons (Fsp3) is 0.778. The van der Waals surface area contributed by atoms with E-state index >= 15 is 0 Å². The molecule has 0 amide bonds. The summed E-state index contributed by atoms with van der Waals surface area (Å²) in [6, 6.07) is 0.770. The fourth-order valence-corrected chi connectivity index (χ4v) is 4.00. The van der Waals surface area contributed by atoms with Crippen LogP contribution in [0.2, 0.25) is 0 Å². The first-order valence-corrected chi connectivity index (χ1v) is 10.0. The van der Waals surface area contributed by atoms with Gasteiger partial charge in [0.25, 0.3) is 0 Å². The van der Waals surface area contributed by atoms with Gasteiger partial charge in [-0.1, -0.05) is 6.42 Å². The lowest BCUT2D eigenvalue weighted by Gasteiger charge is -2.33. The van der Waals surface area contributed by atoms with E-state index in [0.29, 0.717) is 0 Å². The third-order valence-corrected chi connectivity index (χ3v) is 5.88. The summed E-state index contributed by atoms with van der Waals surface area (Å²) in [7, 11) is 1.82. The topological polar surface area (TPSA) is 52.6 Å². The average molecular weight is 479 g/mol. The lowest BCUT2D eigenvalue weighted by molar-refractivity contribution is 0.158. The van der Waals surface area contributed by atoms with E-state index < -0.39 is 0 Å². The number of guanidine groups is 1. The predicted octanol–water partition coefficient (Wildman–Crippen LogP) is 3.70. The van der Waals surface area contributed by atoms with E-state index in [1.165, 1.54) is 50.1 Å². The number of nitrogens with zero attached hydrogens (tertiary/aromatic N) is 3. The molecular weight excluding hydrogens is 445 g/mol. The lowest BCUT2D eigenvalue weighted by atomic mass is 10.0. The normalized spacial score (nSPS) is 18.7. The Morgan fingerprint density at radius 1 is 1.28 bits per heavy atom. The van der Waals surface area contributed by atoms with Gasteiger partial charge in [0.15, 0.2) is 5.96 Å². The van der Waals surface area contributed by atoms with Crippen molar-refractivity contribution >= 4 is 41.3 Å². The number of nitrogens with one attached hydrogen (secondary N) is 2. The lowest BCUT2D eigenvalue weighted by Crippen LogP contribution is -2.39. The molecule has 2 N–H and O–H groups in total. The fourth-order valence-electron chi connectivity index (χ4n) is 3.13. The summed E-state index contributed by atoms with van der Waals surface area (Å²) in [5.74, 6) is 0.867. The van der Waals surface area contributed by atoms with Crippen molar-refractivity contribution in [3.05, 3.63) is 15.6 Å². The molecule has 0 saturated carbocycles. The standard InChI is InChI=1S/C18H33N5S.HI/c1-14-9-5-7-11-23(14)12-8-6-10-20-18(19-4)21-13-17-22-15(2)16(3)24-17;/h14H,5-13H2,1-4H3,(H2,19,20,21);1H. The van der Waals surface area contributed by atoms with Crippen LogP contribution < -0.4 is 10.6 Å². The van der Waals surface area contributed by atoms with Crippen molar-refractivity contribution in [2.24, 2.45) is 4.99 Å². The van der Waals surface area contributed by atoms with Gasteiger partial charge in [-0.15, -0.1) is 35.3 Å². The van der Waals surface area contributed by atoms with Crippen molar-refractivity contribution in [2.45, 2.75) is 65.5 Å². The van der Waals surface area contributed by atoms with Gasteiger partial charge in [-0.25, -0.2) is 4.98 Å². The van der Waals surface area contributed by atoms with Crippen molar-refractivity contribution in [2.75, 3.05) is 26.7 Å². The van der Waals surface area contributed by atoms with E-state index in [2.05, 4.69) is 46.3 Å². The largest absolute Gasteiger partial charge is 0.356 e. The van der Waals surface area contributed by atoms with Crippen molar-refractivity contribution in [1.82, 2.24) is 20.5 Å². The maximum atomic E-state index is 4.55. The second kappa shape index (κ2) is 12.1. The number of hydrogen-bond donors (Lipinski definition) is 2. The Bertz CT molecular complexity index is 512. The maximum Gasteiger partial charge on any atom is 0.191 e. The van der Waals surface area contributed by atoms with E-state index in [1.54, 1.807) is 11.3 Å². The zero-order valence-corrected chi connectivity index (χ0v) is 19.2. The third-order valence-electron chi connectivity index (χ3n) is 4.81. The molecule has 7 heteroatoms. The van der Waals surface area contributed by atoms with Crippen LogP contribution >= 0.6 is 35.3 Å². The van der Waals surface area contributed by atoms with Crippen LogP contribution in [0.4, 0.5) is 0 Å². The number of unbranched alkanes of at least 4 members (excludes halogenated alkanes) is 1. The van der Waals surface area contributed by atoms with Crippen LogP contribution in [0.5, 0.6) is 0 Å². The molecule has 0 aromatic carbocycles. The van der Waals surface area contributed by atoms with Crippen LogP contribution in [0, 0.1) is 13.8 Å². The van der Waals surface area contributed by atoms with E-state index in [9.17, 15) is 0 Å². The van der Waals surface area contributed by atoms with Crippen molar-refractivity contribution < 1.29 is 0 Å². The molecule has 0 bridgehead atoms. The number of hydrogen-bond acceptors (Lipinski definition) is 4. The first-order valence-electron chi connectivity index (χ1n) is 9.21. The summed E-state index contributed by atoms with van der Waals surface area (Å²) in [6.45, 7) is 10.8. The molecule has 2 heterocycles. The van der Waals surface area contributed by atoms with Crippen LogP contribution in [0.1, 0.15) is 54.6 Å². The first-order chi connectivity index (χ1) is 11.6. The number of halogens is 1. The number of aryl methyl sites for hydroxylation is 2. The quantitative estimate of drug-likeness (QED) is 0.271. The molecule has 0 radical (unpaired) electrons. The highest BCUT2D eigenvalue weighted by atomic mass is 127. The molecule has 0 spiro atoms. The van der Waals surface area contributed by atoms with Crippen LogP contribution in [0.25, 0.3) is 0 Å². The number of aliphatic imine (C=N–C) groups is 1. The second-order valence-electron chi connectivity index (χ2n) is 6.69. The SMILES string of the molecule is CN=C(NCCCCN1CCCCC1C)NCc1nc(C)c(C)s1.I. The minimum atomic E-state index is 0. The van der Waals surface area contributed by atoms with Gasteiger partial charge in [0.2, 0.25) is 0 Å². The highest BCUT2D eigenvalue weighted by molar-refractivity contribution is 14.0. The Labute approximate surface area is 174 Å². The number of piperidine rings is 1. The molecule has 25 heavy (non-hydrogen) atoms. The minimum absolute atomic E-state index is 0. The van der Waals surface area contributed by atoms with Gasteiger partial charge in [0.05, 0.1) is 12.2 Å². The van der Waals surface area contributed by atoms with E-state index in [4.69, 9.17) is 0 Å². The summed E-state index contributed by atoms with van der Waals surface area (Å²) in [5.41, 5.74) is 1.13. The van der Waals surface area contributed by atoms with E-state index in [1.807, 2.05) is 7.05 Å². The summed E-state index contributed by atoms with van der Waals surface area (Å²) in [6.07, 6.45) is 6.57. The van der Waals surface area contributed by atoms with Gasteiger partial charge in [-0.3, -0.25) is 4.99 Å². The molecule has 1 aliphatic rings. The zero-order chi connectivity index (χ0) is 17.4. The van der Waals surface area contributed by atoms with E-state index in [-0.39, 0.29) is 24.0 Å². The monoisotopic (exact) mass is 479 g/mol. The Kier molecular flexibility index (Phi) is 10.9. The Morgan fingerprint density at radius 3 is 2.72 bits per heavy atom. The summed E-state index contributed by atoms with van der Waals surface area (Å²) >= 11 is 1.75. The molecule has 1 aliphatic heterocycles. The van der Waals surface area contributed by atoms with Crippen LogP contribution in [0.3, 0.4) is 0 Å². The molecule has 2 rings (SSSR count). The van der Waals surface area contributed by atoms with Gasteiger partial charge in [0, 0.05) is 24.5 Å². The van der Waals surface area contributed by atoms with Crippen molar-refractivity contribution in [3.8, 4) is 0 Å². The van der Waals surface area contributed by atoms with Gasteiger partial charge in [0.1, 0.15) is 5.01 Å². The number of aromatic nitrogens is 1. The minimum Gasteiger partial charge on any atom is -0.356 e. The zero-order valence-electron chi connectivity index (χ0n) is 16.1. The van der Waals surface area contributed by atoms with E-state index in [0.717, 1.165) is 35.8 Å². The highest BCUT2D eigenvalue weighted by Crippen LogP contribution is 2.17. The van der Waals surface area contributed by atoms with Crippen LogP contribution in [-0.4, -0.2) is 48.6 Å². The molecular formula is C18H34IN5S. The maximum absolute atomic E-state index is 4.55. The molecule has 0 aliphatic carbocycles. The molecule has 1 saturated heterocycles. The Balaban J connectivity index is 0.00000312. The predicted molar refractivity (Wildman–Crippen MR) is 119 cm³/mol. The van der Waals surface area contributed by atoms with Gasteiger partial charge < -0.3 is 15.5 Å². The second-order valence-corrected chi connectivity index (χ2v) is 7.98. The molecule has 144 valence electrons. The Hall–Kier alpha value is -0.410. The number of thiazole rings is 1. The first kappa shape index (κ1) is 22.6. The molecule has 5 nitrogen and oxygen atoms in total. The summed E-state index contributed by atoms with van der Waals surface area (Å²) < 4.78 is 0. The molecule has 1 unspecified atom stereocenters. The van der Waals surface area contributed by atoms with Crippen LogP contribution in [0.15, 0.2) is 4.99 Å². The molecule has 1 fully saturated rings.